The zero-order chi connectivity index (χ0) is 17.6. The Bertz CT molecular complexity index is 731. The highest BCUT2D eigenvalue weighted by molar-refractivity contribution is 6.29. The second-order valence-corrected chi connectivity index (χ2v) is 5.69. The predicted molar refractivity (Wildman–Crippen MR) is 89.0 cm³/mol. The van der Waals surface area contributed by atoms with E-state index in [2.05, 4.69) is 15.0 Å². The average molecular weight is 365 g/mol. The molecule has 8 nitrogen and oxygen atoms in total. The SMILES string of the molecule is COc1cc(C(=O)N2CCOC(COc3ncccn3)C2)cc(Cl)n1. The maximum Gasteiger partial charge on any atom is 0.316 e. The Balaban J connectivity index is 1.62. The molecule has 1 amide bonds. The molecule has 3 heterocycles. The molecule has 0 saturated carbocycles. The summed E-state index contributed by atoms with van der Waals surface area (Å²) in [5.41, 5.74) is 0.421. The highest BCUT2D eigenvalue weighted by atomic mass is 35.5. The number of halogens is 1. The molecule has 1 fully saturated rings. The van der Waals surface area contributed by atoms with Gasteiger partial charge in [0.25, 0.3) is 5.91 Å². The highest BCUT2D eigenvalue weighted by Gasteiger charge is 2.26. The van der Waals surface area contributed by atoms with Gasteiger partial charge in [0.05, 0.1) is 20.3 Å². The third kappa shape index (κ3) is 4.55. The molecule has 1 atom stereocenters. The second-order valence-electron chi connectivity index (χ2n) is 5.31. The Kier molecular flexibility index (Phi) is 5.62. The van der Waals surface area contributed by atoms with Gasteiger partial charge in [0.2, 0.25) is 5.88 Å². The van der Waals surface area contributed by atoms with Crippen molar-refractivity contribution >= 4 is 17.5 Å². The van der Waals surface area contributed by atoms with Crippen molar-refractivity contribution in [2.45, 2.75) is 6.10 Å². The highest BCUT2D eigenvalue weighted by Crippen LogP contribution is 2.19. The van der Waals surface area contributed by atoms with E-state index in [0.717, 1.165) is 0 Å². The van der Waals surface area contributed by atoms with E-state index in [1.165, 1.54) is 13.2 Å². The Hall–Kier alpha value is -2.45. The summed E-state index contributed by atoms with van der Waals surface area (Å²) < 4.78 is 16.2. The van der Waals surface area contributed by atoms with Gasteiger partial charge in [-0.25, -0.2) is 15.0 Å². The third-order valence-corrected chi connectivity index (χ3v) is 3.79. The van der Waals surface area contributed by atoms with E-state index >= 15 is 0 Å². The third-order valence-electron chi connectivity index (χ3n) is 3.59. The van der Waals surface area contributed by atoms with Crippen LogP contribution in [0.2, 0.25) is 5.15 Å². The number of carbonyl (C=O) groups excluding carboxylic acids is 1. The van der Waals surface area contributed by atoms with Crippen LogP contribution in [-0.4, -0.2) is 65.3 Å². The number of ether oxygens (including phenoxy) is 3. The van der Waals surface area contributed by atoms with Gasteiger partial charge < -0.3 is 19.1 Å². The van der Waals surface area contributed by atoms with Crippen molar-refractivity contribution in [3.8, 4) is 11.9 Å². The standard InChI is InChI=1S/C16H17ClN4O4/c1-23-14-8-11(7-13(17)20-14)15(22)21-5-6-24-12(9-21)10-25-16-18-3-2-4-19-16/h2-4,7-8,12H,5-6,9-10H2,1H3. The monoisotopic (exact) mass is 364 g/mol. The van der Waals surface area contributed by atoms with E-state index in [-0.39, 0.29) is 29.8 Å². The largest absolute Gasteiger partial charge is 0.481 e. The van der Waals surface area contributed by atoms with Crippen molar-refractivity contribution in [3.63, 3.8) is 0 Å². The van der Waals surface area contributed by atoms with Crippen molar-refractivity contribution in [3.05, 3.63) is 41.3 Å². The Labute approximate surface area is 149 Å². The van der Waals surface area contributed by atoms with Crippen LogP contribution in [0.4, 0.5) is 0 Å². The lowest BCUT2D eigenvalue weighted by Gasteiger charge is -2.32. The van der Waals surface area contributed by atoms with E-state index < -0.39 is 0 Å². The Morgan fingerprint density at radius 3 is 2.96 bits per heavy atom. The first-order valence-electron chi connectivity index (χ1n) is 7.68. The van der Waals surface area contributed by atoms with Gasteiger partial charge >= 0.3 is 6.01 Å². The summed E-state index contributed by atoms with van der Waals surface area (Å²) >= 11 is 5.94. The molecule has 0 aromatic carbocycles. The zero-order valence-corrected chi connectivity index (χ0v) is 14.3. The summed E-state index contributed by atoms with van der Waals surface area (Å²) in [6, 6.07) is 5.07. The molecule has 0 aliphatic carbocycles. The van der Waals surface area contributed by atoms with E-state index in [9.17, 15) is 4.79 Å². The number of amides is 1. The number of hydrogen-bond donors (Lipinski definition) is 0. The van der Waals surface area contributed by atoms with Gasteiger partial charge in [-0.05, 0) is 12.1 Å². The van der Waals surface area contributed by atoms with Crippen LogP contribution in [0.15, 0.2) is 30.6 Å². The summed E-state index contributed by atoms with van der Waals surface area (Å²) in [6.07, 6.45) is 2.93. The molecule has 132 valence electrons. The van der Waals surface area contributed by atoms with Crippen LogP contribution in [0, 0.1) is 0 Å². The quantitative estimate of drug-likeness (QED) is 0.742. The molecule has 2 aromatic rings. The van der Waals surface area contributed by atoms with Gasteiger partial charge in [0.15, 0.2) is 0 Å². The smallest absolute Gasteiger partial charge is 0.316 e. The molecule has 1 unspecified atom stereocenters. The molecule has 25 heavy (non-hydrogen) atoms. The van der Waals surface area contributed by atoms with Crippen LogP contribution in [0.5, 0.6) is 11.9 Å². The van der Waals surface area contributed by atoms with E-state index in [0.29, 0.717) is 31.1 Å². The fourth-order valence-corrected chi connectivity index (χ4v) is 2.62. The van der Waals surface area contributed by atoms with Gasteiger partial charge in [-0.3, -0.25) is 4.79 Å². The molecule has 9 heteroatoms. The van der Waals surface area contributed by atoms with Gasteiger partial charge in [-0.1, -0.05) is 11.6 Å². The maximum atomic E-state index is 12.7. The van der Waals surface area contributed by atoms with Crippen LogP contribution >= 0.6 is 11.6 Å². The lowest BCUT2D eigenvalue weighted by Crippen LogP contribution is -2.47. The van der Waals surface area contributed by atoms with Crippen molar-refractivity contribution in [2.24, 2.45) is 0 Å². The first-order valence-corrected chi connectivity index (χ1v) is 8.06. The molecule has 0 bridgehead atoms. The zero-order valence-electron chi connectivity index (χ0n) is 13.6. The van der Waals surface area contributed by atoms with Crippen molar-refractivity contribution in [1.29, 1.82) is 0 Å². The van der Waals surface area contributed by atoms with E-state index in [4.69, 9.17) is 25.8 Å². The normalized spacial score (nSPS) is 17.2. The number of rotatable bonds is 5. The minimum Gasteiger partial charge on any atom is -0.481 e. The molecule has 1 aliphatic rings. The van der Waals surface area contributed by atoms with E-state index in [1.54, 1.807) is 29.4 Å². The fourth-order valence-electron chi connectivity index (χ4n) is 2.42. The van der Waals surface area contributed by atoms with Gasteiger partial charge in [-0.2, -0.15) is 0 Å². The van der Waals surface area contributed by atoms with Crippen LogP contribution in [-0.2, 0) is 4.74 Å². The molecule has 0 spiro atoms. The number of nitrogens with zero attached hydrogens (tertiary/aromatic N) is 4. The molecular weight excluding hydrogens is 348 g/mol. The predicted octanol–water partition coefficient (Wildman–Crippen LogP) is 1.45. The molecule has 1 saturated heterocycles. The Morgan fingerprint density at radius 2 is 2.20 bits per heavy atom. The van der Waals surface area contributed by atoms with Crippen molar-refractivity contribution in [1.82, 2.24) is 19.9 Å². The van der Waals surface area contributed by atoms with Crippen LogP contribution in [0.3, 0.4) is 0 Å². The summed E-state index contributed by atoms with van der Waals surface area (Å²) in [7, 11) is 1.47. The minimum absolute atomic E-state index is 0.160. The topological polar surface area (TPSA) is 86.7 Å². The minimum atomic E-state index is -0.263. The summed E-state index contributed by atoms with van der Waals surface area (Å²) in [5, 5.41) is 0.206. The number of morpholine rings is 1. The number of pyridine rings is 1. The van der Waals surface area contributed by atoms with Gasteiger partial charge in [-0.15, -0.1) is 0 Å². The van der Waals surface area contributed by atoms with Crippen molar-refractivity contribution < 1.29 is 19.0 Å². The van der Waals surface area contributed by atoms with Crippen LogP contribution in [0.25, 0.3) is 0 Å². The second kappa shape index (κ2) is 8.09. The fraction of sp³-hybridized carbons (Fsp3) is 0.375. The van der Waals surface area contributed by atoms with Crippen molar-refractivity contribution in [2.75, 3.05) is 33.4 Å². The first kappa shape index (κ1) is 17.4. The molecular formula is C16H17ClN4O4. The Morgan fingerprint density at radius 1 is 1.40 bits per heavy atom. The molecule has 0 N–H and O–H groups in total. The number of aromatic nitrogens is 3. The van der Waals surface area contributed by atoms with Crippen LogP contribution in [0.1, 0.15) is 10.4 Å². The van der Waals surface area contributed by atoms with Gasteiger partial charge in [0, 0.05) is 30.6 Å². The lowest BCUT2D eigenvalue weighted by atomic mass is 10.2. The maximum absolute atomic E-state index is 12.7. The van der Waals surface area contributed by atoms with E-state index in [1.807, 2.05) is 0 Å². The first-order chi connectivity index (χ1) is 12.2. The summed E-state index contributed by atoms with van der Waals surface area (Å²) in [5.74, 6) is 0.136. The molecule has 0 radical (unpaired) electrons. The number of methoxy groups -OCH3 is 1. The summed E-state index contributed by atoms with van der Waals surface area (Å²) in [6.45, 7) is 1.56. The van der Waals surface area contributed by atoms with Crippen LogP contribution < -0.4 is 9.47 Å². The lowest BCUT2D eigenvalue weighted by molar-refractivity contribution is -0.0413. The number of carbonyl (C=O) groups is 1. The molecule has 1 aliphatic heterocycles. The van der Waals surface area contributed by atoms with Gasteiger partial charge in [0.1, 0.15) is 17.9 Å². The molecule has 3 rings (SSSR count). The summed E-state index contributed by atoms with van der Waals surface area (Å²) in [4.78, 5) is 26.3. The average Bonchev–Trinajstić information content (AvgIpc) is 2.66. The molecule has 2 aromatic heterocycles. The number of hydrogen-bond acceptors (Lipinski definition) is 7.